The second kappa shape index (κ2) is 5.20. The van der Waals surface area contributed by atoms with Gasteiger partial charge in [-0.15, -0.1) is 0 Å². The minimum absolute atomic E-state index is 0.0943. The average molecular weight is 289 g/mol. The number of nitrogens with two attached hydrogens (primary N) is 1. The highest BCUT2D eigenvalue weighted by Crippen LogP contribution is 2.34. The van der Waals surface area contributed by atoms with E-state index in [0.717, 1.165) is 22.9 Å². The van der Waals surface area contributed by atoms with E-state index in [0.29, 0.717) is 12.0 Å². The molecule has 2 heterocycles. The Morgan fingerprint density at radius 2 is 1.76 bits per heavy atom. The molecule has 0 aliphatic carbocycles. The predicted molar refractivity (Wildman–Crippen MR) is 87.3 cm³/mol. The van der Waals surface area contributed by atoms with Gasteiger partial charge in [0.2, 0.25) is 0 Å². The van der Waals surface area contributed by atoms with Crippen LogP contribution in [-0.2, 0) is 5.54 Å². The van der Waals surface area contributed by atoms with Crippen LogP contribution in [0.25, 0.3) is 11.3 Å². The molecule has 0 aliphatic rings. The lowest BCUT2D eigenvalue weighted by atomic mass is 10.1. The van der Waals surface area contributed by atoms with Crippen molar-refractivity contribution >= 4 is 5.82 Å². The summed E-state index contributed by atoms with van der Waals surface area (Å²) in [5, 5.41) is 4.39. The van der Waals surface area contributed by atoms with Gasteiger partial charge in [-0.3, -0.25) is 4.68 Å². The largest absolute Gasteiger partial charge is 0.383 e. The molecule has 2 rings (SSSR count). The van der Waals surface area contributed by atoms with E-state index in [1.165, 1.54) is 0 Å². The third-order valence-corrected chi connectivity index (χ3v) is 3.53. The Bertz CT molecular complexity index is 626. The van der Waals surface area contributed by atoms with Crippen molar-refractivity contribution in [3.8, 4) is 11.3 Å². The van der Waals surface area contributed by atoms with E-state index in [1.54, 1.807) is 0 Å². The molecule has 0 aromatic carbocycles. The number of rotatable bonds is 3. The average Bonchev–Trinajstić information content (AvgIpc) is 2.91. The van der Waals surface area contributed by atoms with Crippen molar-refractivity contribution in [2.24, 2.45) is 0 Å². The molecule has 2 aromatic heterocycles. The number of nitrogens with zero attached hydrogens (tertiary/aromatic N) is 4. The van der Waals surface area contributed by atoms with E-state index >= 15 is 0 Å². The molecule has 116 valence electrons. The lowest BCUT2D eigenvalue weighted by molar-refractivity contribution is 0.382. The molecule has 0 spiro atoms. The van der Waals surface area contributed by atoms with Gasteiger partial charge < -0.3 is 10.3 Å². The Morgan fingerprint density at radius 3 is 2.14 bits per heavy atom. The topological polar surface area (TPSA) is 61.7 Å². The molecule has 0 fully saturated rings. The first-order valence-electron chi connectivity index (χ1n) is 7.56. The van der Waals surface area contributed by atoms with E-state index in [4.69, 9.17) is 10.7 Å². The van der Waals surface area contributed by atoms with Crippen LogP contribution >= 0.6 is 0 Å². The lowest BCUT2D eigenvalue weighted by Gasteiger charge is -2.26. The highest BCUT2D eigenvalue weighted by Gasteiger charge is 2.26. The molecule has 0 atom stereocenters. The molecule has 0 radical (unpaired) electrons. The van der Waals surface area contributed by atoms with E-state index in [-0.39, 0.29) is 5.54 Å². The maximum atomic E-state index is 6.41. The van der Waals surface area contributed by atoms with Gasteiger partial charge in [0.1, 0.15) is 17.3 Å². The minimum Gasteiger partial charge on any atom is -0.383 e. The van der Waals surface area contributed by atoms with Crippen molar-refractivity contribution in [2.45, 2.75) is 66.0 Å². The second-order valence-electron chi connectivity index (χ2n) is 7.17. The fourth-order valence-electron chi connectivity index (χ4n) is 2.50. The van der Waals surface area contributed by atoms with Gasteiger partial charge in [0.25, 0.3) is 0 Å². The maximum absolute atomic E-state index is 6.41. The van der Waals surface area contributed by atoms with Crippen LogP contribution in [0.3, 0.4) is 0 Å². The van der Waals surface area contributed by atoms with Crippen LogP contribution < -0.4 is 5.73 Å². The van der Waals surface area contributed by atoms with E-state index in [1.807, 2.05) is 17.1 Å². The molecular formula is C16H27N5. The van der Waals surface area contributed by atoms with Crippen molar-refractivity contribution in [1.82, 2.24) is 19.3 Å². The number of imidazole rings is 1. The van der Waals surface area contributed by atoms with Crippen molar-refractivity contribution in [2.75, 3.05) is 5.73 Å². The molecule has 0 saturated carbocycles. The first-order valence-corrected chi connectivity index (χ1v) is 7.56. The number of hydrogen-bond donors (Lipinski definition) is 1. The standard InChI is InChI=1S/C16H27N5/c1-10(2)15-19-13(14(17)21(15)16(5,6)7)12-8-18-20(9-12)11(3)4/h8-11H,17H2,1-7H3. The van der Waals surface area contributed by atoms with Crippen LogP contribution in [0.5, 0.6) is 0 Å². The van der Waals surface area contributed by atoms with Crippen LogP contribution in [0.2, 0.25) is 0 Å². The third kappa shape index (κ3) is 2.82. The molecule has 2 aromatic rings. The number of anilines is 1. The highest BCUT2D eigenvalue weighted by atomic mass is 15.3. The molecule has 0 aliphatic heterocycles. The Labute approximate surface area is 127 Å². The predicted octanol–water partition coefficient (Wildman–Crippen LogP) is 3.79. The monoisotopic (exact) mass is 289 g/mol. The molecule has 0 saturated heterocycles. The van der Waals surface area contributed by atoms with Gasteiger partial charge in [-0.25, -0.2) is 4.98 Å². The zero-order valence-corrected chi connectivity index (χ0v) is 14.2. The number of hydrogen-bond acceptors (Lipinski definition) is 3. The summed E-state index contributed by atoms with van der Waals surface area (Å²) in [6.45, 7) is 15.0. The normalized spacial score (nSPS) is 12.6. The zero-order valence-electron chi connectivity index (χ0n) is 14.2. The summed E-state index contributed by atoms with van der Waals surface area (Å²) in [5.74, 6) is 2.06. The Hall–Kier alpha value is -1.78. The molecule has 5 heteroatoms. The van der Waals surface area contributed by atoms with Gasteiger partial charge in [0.05, 0.1) is 6.20 Å². The molecule has 5 nitrogen and oxygen atoms in total. The number of nitrogen functional groups attached to an aromatic ring is 1. The van der Waals surface area contributed by atoms with Gasteiger partial charge >= 0.3 is 0 Å². The smallest absolute Gasteiger partial charge is 0.132 e. The summed E-state index contributed by atoms with van der Waals surface area (Å²) < 4.78 is 4.07. The van der Waals surface area contributed by atoms with E-state index in [9.17, 15) is 0 Å². The van der Waals surface area contributed by atoms with Crippen LogP contribution in [0, 0.1) is 0 Å². The molecule has 0 unspecified atom stereocenters. The summed E-state index contributed by atoms with van der Waals surface area (Å²) in [6.07, 6.45) is 3.86. The second-order valence-corrected chi connectivity index (χ2v) is 7.17. The first kappa shape index (κ1) is 15.6. The summed E-state index contributed by atoms with van der Waals surface area (Å²) >= 11 is 0. The van der Waals surface area contributed by atoms with E-state index < -0.39 is 0 Å². The molecule has 2 N–H and O–H groups in total. The summed E-state index contributed by atoms with van der Waals surface area (Å²) in [4.78, 5) is 4.80. The van der Waals surface area contributed by atoms with Crippen molar-refractivity contribution in [1.29, 1.82) is 0 Å². The lowest BCUT2D eigenvalue weighted by Crippen LogP contribution is -2.26. The fourth-order valence-corrected chi connectivity index (χ4v) is 2.50. The van der Waals surface area contributed by atoms with Crippen molar-refractivity contribution in [3.05, 3.63) is 18.2 Å². The molecule has 0 amide bonds. The van der Waals surface area contributed by atoms with Crippen LogP contribution in [0.1, 0.15) is 66.3 Å². The Morgan fingerprint density at radius 1 is 1.14 bits per heavy atom. The molecule has 21 heavy (non-hydrogen) atoms. The highest BCUT2D eigenvalue weighted by molar-refractivity contribution is 5.70. The minimum atomic E-state index is -0.0943. The Balaban J connectivity index is 2.59. The fraction of sp³-hybridized carbons (Fsp3) is 0.625. The van der Waals surface area contributed by atoms with Crippen molar-refractivity contribution in [3.63, 3.8) is 0 Å². The van der Waals surface area contributed by atoms with Crippen LogP contribution in [-0.4, -0.2) is 19.3 Å². The van der Waals surface area contributed by atoms with Crippen LogP contribution in [0.15, 0.2) is 12.4 Å². The van der Waals surface area contributed by atoms with E-state index in [2.05, 4.69) is 58.1 Å². The summed E-state index contributed by atoms with van der Waals surface area (Å²) in [6, 6.07) is 0.328. The quantitative estimate of drug-likeness (QED) is 0.935. The maximum Gasteiger partial charge on any atom is 0.132 e. The first-order chi connectivity index (χ1) is 9.62. The van der Waals surface area contributed by atoms with Gasteiger partial charge in [-0.2, -0.15) is 5.10 Å². The van der Waals surface area contributed by atoms with Crippen molar-refractivity contribution < 1.29 is 0 Å². The Kier molecular flexibility index (Phi) is 3.87. The van der Waals surface area contributed by atoms with Crippen LogP contribution in [0.4, 0.5) is 5.82 Å². The molecule has 0 bridgehead atoms. The summed E-state index contributed by atoms with van der Waals surface area (Å²) in [5.41, 5.74) is 8.13. The van der Waals surface area contributed by atoms with Gasteiger partial charge in [0, 0.05) is 29.3 Å². The third-order valence-electron chi connectivity index (χ3n) is 3.53. The van der Waals surface area contributed by atoms with Gasteiger partial charge in [-0.05, 0) is 34.6 Å². The zero-order chi connectivity index (χ0) is 15.9. The number of aromatic nitrogens is 4. The van der Waals surface area contributed by atoms with Gasteiger partial charge in [0.15, 0.2) is 0 Å². The van der Waals surface area contributed by atoms with Gasteiger partial charge in [-0.1, -0.05) is 13.8 Å². The SMILES string of the molecule is CC(C)c1nc(-c2cnn(C(C)C)c2)c(N)n1C(C)(C)C. The summed E-state index contributed by atoms with van der Waals surface area (Å²) in [7, 11) is 0. The molecular weight excluding hydrogens is 262 g/mol.